The van der Waals surface area contributed by atoms with Gasteiger partial charge in [0, 0.05) is 10.8 Å². The van der Waals surface area contributed by atoms with E-state index >= 15 is 0 Å². The van der Waals surface area contributed by atoms with Crippen LogP contribution in [0.4, 0.5) is 0 Å². The van der Waals surface area contributed by atoms with Crippen LogP contribution in [0.2, 0.25) is 0 Å². The van der Waals surface area contributed by atoms with Crippen LogP contribution < -0.4 is 0 Å². The molecule has 0 aliphatic carbocycles. The summed E-state index contributed by atoms with van der Waals surface area (Å²) >= 11 is 0. The van der Waals surface area contributed by atoms with Crippen LogP contribution in [-0.2, 0) is 0 Å². The number of rotatable bonds is 2. The van der Waals surface area contributed by atoms with Gasteiger partial charge in [-0.1, -0.05) is 127 Å². The van der Waals surface area contributed by atoms with Crippen LogP contribution in [0.1, 0.15) is 0 Å². The van der Waals surface area contributed by atoms with E-state index in [0.717, 1.165) is 11.2 Å². The average molecular weight is 545 g/mol. The molecule has 1 heterocycles. The maximum atomic E-state index is 6.33. The predicted molar refractivity (Wildman–Crippen MR) is 183 cm³/mol. The van der Waals surface area contributed by atoms with E-state index in [9.17, 15) is 0 Å². The Morgan fingerprint density at radius 3 is 1.56 bits per heavy atom. The lowest BCUT2D eigenvalue weighted by molar-refractivity contribution is 0.669. The van der Waals surface area contributed by atoms with Gasteiger partial charge in [-0.2, -0.15) is 0 Å². The van der Waals surface area contributed by atoms with Crippen LogP contribution in [0.3, 0.4) is 0 Å². The largest absolute Gasteiger partial charge is 0.456 e. The second-order valence-electron chi connectivity index (χ2n) is 11.6. The number of benzene rings is 9. The zero-order valence-electron chi connectivity index (χ0n) is 23.3. The van der Waals surface area contributed by atoms with Crippen molar-refractivity contribution in [2.75, 3.05) is 0 Å². The third-order valence-corrected chi connectivity index (χ3v) is 9.38. The van der Waals surface area contributed by atoms with E-state index in [1.54, 1.807) is 0 Å². The lowest BCUT2D eigenvalue weighted by atomic mass is 9.82. The average Bonchev–Trinajstić information content (AvgIpc) is 3.46. The summed E-state index contributed by atoms with van der Waals surface area (Å²) in [6.07, 6.45) is 0. The van der Waals surface area contributed by atoms with Crippen molar-refractivity contribution < 1.29 is 4.42 Å². The van der Waals surface area contributed by atoms with Gasteiger partial charge in [-0.15, -0.1) is 0 Å². The third kappa shape index (κ3) is 3.06. The van der Waals surface area contributed by atoms with Crippen molar-refractivity contribution in [1.82, 2.24) is 0 Å². The van der Waals surface area contributed by atoms with E-state index in [-0.39, 0.29) is 0 Å². The Labute approximate surface area is 247 Å². The Kier molecular flexibility index (Phi) is 4.51. The molecule has 0 fully saturated rings. The molecule has 0 radical (unpaired) electrons. The van der Waals surface area contributed by atoms with E-state index < -0.39 is 0 Å². The van der Waals surface area contributed by atoms with Crippen molar-refractivity contribution in [2.24, 2.45) is 0 Å². The summed E-state index contributed by atoms with van der Waals surface area (Å²) in [6, 6.07) is 53.2. The van der Waals surface area contributed by atoms with Gasteiger partial charge in [-0.05, 0) is 94.3 Å². The zero-order valence-corrected chi connectivity index (χ0v) is 23.3. The molecule has 9 aromatic carbocycles. The molecular weight excluding hydrogens is 520 g/mol. The summed E-state index contributed by atoms with van der Waals surface area (Å²) in [4.78, 5) is 0. The standard InChI is InChI=1S/C42H24O/c1-2-13-28-25(10-1)22-23-26-11-7-19-34(38(26)28)40-29-14-3-5-16-31(29)41(32-17-6-4-15-30(32)40)35-24-27-12-8-20-36-39(27)42-33(35)18-9-21-37(42)43-36/h1-24H. The molecule has 43 heavy (non-hydrogen) atoms. The zero-order chi connectivity index (χ0) is 28.1. The molecule has 0 unspecified atom stereocenters. The first-order chi connectivity index (χ1) is 21.3. The summed E-state index contributed by atoms with van der Waals surface area (Å²) in [5, 5.41) is 15.0. The van der Waals surface area contributed by atoms with E-state index in [1.807, 2.05) is 0 Å². The molecule has 0 aliphatic rings. The fourth-order valence-corrected chi connectivity index (χ4v) is 7.65. The maximum absolute atomic E-state index is 6.33. The molecular formula is C42H24O. The van der Waals surface area contributed by atoms with Gasteiger partial charge in [-0.25, -0.2) is 0 Å². The highest BCUT2D eigenvalue weighted by Gasteiger charge is 2.22. The molecule has 0 saturated carbocycles. The van der Waals surface area contributed by atoms with Gasteiger partial charge in [0.05, 0.1) is 0 Å². The Bertz CT molecular complexity index is 2670. The van der Waals surface area contributed by atoms with Crippen LogP contribution in [0.5, 0.6) is 0 Å². The lowest BCUT2D eigenvalue weighted by Gasteiger charge is -2.20. The summed E-state index contributed by atoms with van der Waals surface area (Å²) in [5.74, 6) is 0. The second kappa shape index (κ2) is 8.44. The predicted octanol–water partition coefficient (Wildman–Crippen LogP) is 12.1. The van der Waals surface area contributed by atoms with Crippen LogP contribution in [0.25, 0.3) is 98.1 Å². The Balaban J connectivity index is 1.42. The molecule has 0 spiro atoms. The van der Waals surface area contributed by atoms with Crippen molar-refractivity contribution in [3.05, 3.63) is 146 Å². The number of hydrogen-bond acceptors (Lipinski definition) is 1. The highest BCUT2D eigenvalue weighted by Crippen LogP contribution is 2.49. The Morgan fingerprint density at radius 1 is 0.302 bits per heavy atom. The van der Waals surface area contributed by atoms with Crippen LogP contribution in [-0.4, -0.2) is 0 Å². The van der Waals surface area contributed by atoms with Crippen molar-refractivity contribution in [3.8, 4) is 22.3 Å². The molecule has 10 rings (SSSR count). The quantitative estimate of drug-likeness (QED) is 0.156. The maximum Gasteiger partial charge on any atom is 0.136 e. The van der Waals surface area contributed by atoms with Gasteiger partial charge in [-0.3, -0.25) is 0 Å². The number of fused-ring (bicyclic) bond motifs is 5. The molecule has 10 aromatic rings. The smallest absolute Gasteiger partial charge is 0.136 e. The van der Waals surface area contributed by atoms with Gasteiger partial charge < -0.3 is 4.42 Å². The molecule has 0 N–H and O–H groups in total. The van der Waals surface area contributed by atoms with Crippen molar-refractivity contribution in [2.45, 2.75) is 0 Å². The number of furan rings is 1. The first-order valence-corrected chi connectivity index (χ1v) is 14.9. The number of hydrogen-bond donors (Lipinski definition) is 0. The molecule has 0 saturated heterocycles. The molecule has 1 heteroatoms. The molecule has 0 atom stereocenters. The van der Waals surface area contributed by atoms with Gasteiger partial charge in [0.15, 0.2) is 0 Å². The summed E-state index contributed by atoms with van der Waals surface area (Å²) in [6.45, 7) is 0. The topological polar surface area (TPSA) is 13.1 Å². The van der Waals surface area contributed by atoms with Crippen molar-refractivity contribution in [3.63, 3.8) is 0 Å². The molecule has 198 valence electrons. The minimum Gasteiger partial charge on any atom is -0.456 e. The highest BCUT2D eigenvalue weighted by molar-refractivity contribution is 6.31. The molecule has 0 amide bonds. The Hall–Kier alpha value is -5.66. The van der Waals surface area contributed by atoms with E-state index in [2.05, 4.69) is 146 Å². The normalized spacial score (nSPS) is 12.2. The summed E-state index contributed by atoms with van der Waals surface area (Å²) in [7, 11) is 0. The summed E-state index contributed by atoms with van der Waals surface area (Å²) in [5.41, 5.74) is 6.97. The molecule has 0 bridgehead atoms. The fraction of sp³-hybridized carbons (Fsp3) is 0. The second-order valence-corrected chi connectivity index (χ2v) is 11.6. The first kappa shape index (κ1) is 23.0. The van der Waals surface area contributed by atoms with Gasteiger partial charge in [0.25, 0.3) is 0 Å². The van der Waals surface area contributed by atoms with Gasteiger partial charge in [0.1, 0.15) is 11.2 Å². The monoisotopic (exact) mass is 544 g/mol. The first-order valence-electron chi connectivity index (χ1n) is 14.9. The fourth-order valence-electron chi connectivity index (χ4n) is 7.65. The molecule has 0 aliphatic heterocycles. The van der Waals surface area contributed by atoms with E-state index in [1.165, 1.54) is 86.9 Å². The van der Waals surface area contributed by atoms with Crippen LogP contribution >= 0.6 is 0 Å². The van der Waals surface area contributed by atoms with E-state index in [0.29, 0.717) is 0 Å². The van der Waals surface area contributed by atoms with Gasteiger partial charge in [0.2, 0.25) is 0 Å². The minimum absolute atomic E-state index is 0.943. The van der Waals surface area contributed by atoms with Crippen LogP contribution in [0.15, 0.2) is 150 Å². The SMILES string of the molecule is c1ccc2c(c1)ccc1cccc(-c3c4ccccc4c(-c4cc5cccc6oc7cccc4c7c56)c4ccccc34)c12. The molecule has 1 nitrogen and oxygen atoms in total. The third-order valence-electron chi connectivity index (χ3n) is 9.38. The minimum atomic E-state index is 0.943. The van der Waals surface area contributed by atoms with Crippen LogP contribution in [0, 0.1) is 0 Å². The van der Waals surface area contributed by atoms with Gasteiger partial charge >= 0.3 is 0 Å². The summed E-state index contributed by atoms with van der Waals surface area (Å²) < 4.78 is 6.33. The van der Waals surface area contributed by atoms with Crippen molar-refractivity contribution in [1.29, 1.82) is 0 Å². The molecule has 1 aromatic heterocycles. The highest BCUT2D eigenvalue weighted by atomic mass is 16.3. The Morgan fingerprint density at radius 2 is 0.814 bits per heavy atom. The van der Waals surface area contributed by atoms with E-state index in [4.69, 9.17) is 4.42 Å². The van der Waals surface area contributed by atoms with Crippen molar-refractivity contribution >= 4 is 75.8 Å². The lowest BCUT2D eigenvalue weighted by Crippen LogP contribution is -1.93.